The highest BCUT2D eigenvalue weighted by Gasteiger charge is 2.33. The zero-order valence-corrected chi connectivity index (χ0v) is 13.9. The van der Waals surface area contributed by atoms with Crippen LogP contribution in [0.4, 0.5) is 0 Å². The Hall–Kier alpha value is 0.340. The SMILES string of the molecule is Cc1cc(S(=O)(=O)NC(CN)C2CC2)sc1Br.Cl. The summed E-state index contributed by atoms with van der Waals surface area (Å²) in [5.41, 5.74) is 6.54. The molecule has 1 heterocycles. The van der Waals surface area contributed by atoms with E-state index in [1.54, 1.807) is 6.07 Å². The first-order valence-electron chi connectivity index (χ1n) is 5.42. The zero-order valence-electron chi connectivity index (χ0n) is 9.85. The number of rotatable bonds is 5. The van der Waals surface area contributed by atoms with E-state index >= 15 is 0 Å². The van der Waals surface area contributed by atoms with E-state index in [1.165, 1.54) is 11.3 Å². The van der Waals surface area contributed by atoms with Crippen LogP contribution in [-0.2, 0) is 10.0 Å². The summed E-state index contributed by atoms with van der Waals surface area (Å²) in [6, 6.07) is 1.55. The monoisotopic (exact) mass is 374 g/mol. The molecule has 0 spiro atoms. The first-order valence-corrected chi connectivity index (χ1v) is 8.51. The smallest absolute Gasteiger partial charge is 0.250 e. The van der Waals surface area contributed by atoms with Crippen LogP contribution in [0.15, 0.2) is 14.1 Å². The van der Waals surface area contributed by atoms with Gasteiger partial charge in [0, 0.05) is 12.6 Å². The average Bonchev–Trinajstić information content (AvgIpc) is 3.03. The van der Waals surface area contributed by atoms with Gasteiger partial charge in [-0.05, 0) is 53.2 Å². The van der Waals surface area contributed by atoms with E-state index in [4.69, 9.17) is 5.73 Å². The molecule has 0 radical (unpaired) electrons. The van der Waals surface area contributed by atoms with Gasteiger partial charge in [-0.1, -0.05) is 0 Å². The van der Waals surface area contributed by atoms with E-state index < -0.39 is 10.0 Å². The molecule has 0 bridgehead atoms. The van der Waals surface area contributed by atoms with Crippen LogP contribution in [-0.4, -0.2) is 21.0 Å². The second kappa shape index (κ2) is 6.19. The van der Waals surface area contributed by atoms with Crippen molar-refractivity contribution in [1.29, 1.82) is 0 Å². The van der Waals surface area contributed by atoms with Crippen molar-refractivity contribution in [3.8, 4) is 0 Å². The molecular weight excluding hydrogens is 360 g/mol. The van der Waals surface area contributed by atoms with Crippen LogP contribution in [0.2, 0.25) is 0 Å². The highest BCUT2D eigenvalue weighted by molar-refractivity contribution is 9.11. The maximum absolute atomic E-state index is 12.1. The Morgan fingerprint density at radius 1 is 1.61 bits per heavy atom. The summed E-state index contributed by atoms with van der Waals surface area (Å²) in [6.07, 6.45) is 2.13. The molecule has 2 rings (SSSR count). The van der Waals surface area contributed by atoms with Crippen molar-refractivity contribution in [2.75, 3.05) is 6.54 Å². The summed E-state index contributed by atoms with van der Waals surface area (Å²) >= 11 is 4.57. The van der Waals surface area contributed by atoms with E-state index in [9.17, 15) is 8.42 Å². The lowest BCUT2D eigenvalue weighted by atomic mass is 10.2. The predicted molar refractivity (Wildman–Crippen MR) is 79.9 cm³/mol. The molecule has 1 aliphatic carbocycles. The Morgan fingerprint density at radius 2 is 2.22 bits per heavy atom. The highest BCUT2D eigenvalue weighted by atomic mass is 79.9. The molecule has 1 unspecified atom stereocenters. The normalized spacial score (nSPS) is 17.3. The first-order chi connectivity index (χ1) is 7.94. The number of sulfonamides is 1. The van der Waals surface area contributed by atoms with Gasteiger partial charge in [-0.3, -0.25) is 0 Å². The van der Waals surface area contributed by atoms with Crippen molar-refractivity contribution < 1.29 is 8.42 Å². The predicted octanol–water partition coefficient (Wildman–Crippen LogP) is 2.26. The van der Waals surface area contributed by atoms with Crippen LogP contribution >= 0.6 is 39.7 Å². The van der Waals surface area contributed by atoms with Crippen LogP contribution < -0.4 is 10.5 Å². The Balaban J connectivity index is 0.00000162. The minimum absolute atomic E-state index is 0. The number of aryl methyl sites for hydroxylation is 1. The van der Waals surface area contributed by atoms with Gasteiger partial charge in [0.15, 0.2) is 0 Å². The molecule has 1 aromatic heterocycles. The zero-order chi connectivity index (χ0) is 12.6. The summed E-state index contributed by atoms with van der Waals surface area (Å²) in [7, 11) is -3.42. The fourth-order valence-corrected chi connectivity index (χ4v) is 5.22. The second-order valence-corrected chi connectivity index (χ2v) is 8.63. The third kappa shape index (κ3) is 3.68. The van der Waals surface area contributed by atoms with Crippen molar-refractivity contribution >= 4 is 49.7 Å². The molecule has 0 amide bonds. The van der Waals surface area contributed by atoms with Crippen molar-refractivity contribution in [3.05, 3.63) is 15.4 Å². The Labute approximate surface area is 126 Å². The Kier molecular flexibility index (Phi) is 5.64. The summed E-state index contributed by atoms with van der Waals surface area (Å²) in [6.45, 7) is 2.23. The quantitative estimate of drug-likeness (QED) is 0.829. The van der Waals surface area contributed by atoms with Crippen LogP contribution in [0.1, 0.15) is 18.4 Å². The van der Waals surface area contributed by atoms with Gasteiger partial charge in [0.05, 0.1) is 3.79 Å². The van der Waals surface area contributed by atoms with E-state index in [1.807, 2.05) is 6.92 Å². The van der Waals surface area contributed by atoms with Gasteiger partial charge < -0.3 is 5.73 Å². The van der Waals surface area contributed by atoms with Gasteiger partial charge in [0.1, 0.15) is 4.21 Å². The Morgan fingerprint density at radius 3 is 2.61 bits per heavy atom. The van der Waals surface area contributed by atoms with E-state index in [0.717, 1.165) is 22.2 Å². The van der Waals surface area contributed by atoms with Gasteiger partial charge in [-0.25, -0.2) is 13.1 Å². The molecule has 1 fully saturated rings. The third-order valence-corrected chi connectivity index (χ3v) is 6.95. The van der Waals surface area contributed by atoms with Crippen LogP contribution in [0.3, 0.4) is 0 Å². The summed E-state index contributed by atoms with van der Waals surface area (Å²) in [4.78, 5) is 0. The van der Waals surface area contributed by atoms with Crippen molar-refractivity contribution in [2.24, 2.45) is 11.7 Å². The topological polar surface area (TPSA) is 72.2 Å². The standard InChI is InChI=1S/C10H15BrN2O2S2.ClH/c1-6-4-9(16-10(6)11)17(14,15)13-8(5-12)7-2-3-7;/h4,7-8,13H,2-3,5,12H2,1H3;1H. The van der Waals surface area contributed by atoms with Crippen LogP contribution in [0.5, 0.6) is 0 Å². The molecule has 0 aromatic carbocycles. The molecule has 0 saturated heterocycles. The number of halogens is 2. The minimum atomic E-state index is -3.42. The van der Waals surface area contributed by atoms with Crippen molar-refractivity contribution in [3.63, 3.8) is 0 Å². The second-order valence-electron chi connectivity index (χ2n) is 4.32. The maximum Gasteiger partial charge on any atom is 0.250 e. The molecule has 1 aromatic rings. The third-order valence-electron chi connectivity index (χ3n) is 2.85. The lowest BCUT2D eigenvalue weighted by Crippen LogP contribution is -2.41. The summed E-state index contributed by atoms with van der Waals surface area (Å²) in [5.74, 6) is 0.416. The number of nitrogens with one attached hydrogen (secondary N) is 1. The van der Waals surface area contributed by atoms with Gasteiger partial charge in [0.25, 0.3) is 0 Å². The van der Waals surface area contributed by atoms with Gasteiger partial charge in [-0.15, -0.1) is 23.7 Å². The van der Waals surface area contributed by atoms with Crippen LogP contribution in [0, 0.1) is 12.8 Å². The fourth-order valence-electron chi connectivity index (χ4n) is 1.66. The molecule has 8 heteroatoms. The van der Waals surface area contributed by atoms with Crippen molar-refractivity contribution in [1.82, 2.24) is 4.72 Å². The van der Waals surface area contributed by atoms with E-state index in [2.05, 4.69) is 20.7 Å². The minimum Gasteiger partial charge on any atom is -0.329 e. The fraction of sp³-hybridized carbons (Fsp3) is 0.600. The molecule has 1 saturated carbocycles. The van der Waals surface area contributed by atoms with Crippen molar-refractivity contribution in [2.45, 2.75) is 30.0 Å². The van der Waals surface area contributed by atoms with Gasteiger partial charge in [-0.2, -0.15) is 0 Å². The molecular formula is C10H16BrClN2O2S2. The maximum atomic E-state index is 12.1. The number of hydrogen-bond donors (Lipinski definition) is 2. The molecule has 104 valence electrons. The number of thiophene rings is 1. The number of hydrogen-bond acceptors (Lipinski definition) is 4. The lowest BCUT2D eigenvalue weighted by Gasteiger charge is -2.15. The number of nitrogens with two attached hydrogens (primary N) is 1. The lowest BCUT2D eigenvalue weighted by molar-refractivity contribution is 0.520. The summed E-state index contributed by atoms with van der Waals surface area (Å²) in [5, 5.41) is 0. The summed E-state index contributed by atoms with van der Waals surface area (Å²) < 4.78 is 28.1. The molecule has 3 N–H and O–H groups in total. The van der Waals surface area contributed by atoms with Gasteiger partial charge >= 0.3 is 0 Å². The molecule has 0 aliphatic heterocycles. The largest absolute Gasteiger partial charge is 0.329 e. The molecule has 18 heavy (non-hydrogen) atoms. The van der Waals surface area contributed by atoms with Gasteiger partial charge in [0.2, 0.25) is 10.0 Å². The first kappa shape index (κ1) is 16.4. The molecule has 1 aliphatic rings. The molecule has 4 nitrogen and oxygen atoms in total. The van der Waals surface area contributed by atoms with E-state index in [0.29, 0.717) is 16.7 Å². The molecule has 1 atom stereocenters. The Bertz CT molecular complexity index is 494. The van der Waals surface area contributed by atoms with Crippen LogP contribution in [0.25, 0.3) is 0 Å². The highest BCUT2D eigenvalue weighted by Crippen LogP contribution is 2.34. The van der Waals surface area contributed by atoms with E-state index in [-0.39, 0.29) is 18.4 Å². The average molecular weight is 376 g/mol.